The summed E-state index contributed by atoms with van der Waals surface area (Å²) in [5.74, 6) is -3.55. The topological polar surface area (TPSA) is 63.6 Å². The first-order valence-corrected chi connectivity index (χ1v) is 4.79. The fourth-order valence-corrected chi connectivity index (χ4v) is 1.16. The van der Waals surface area contributed by atoms with Crippen LogP contribution in [0, 0.1) is 18.6 Å². The Labute approximate surface area is 79.1 Å². The van der Waals surface area contributed by atoms with Crippen molar-refractivity contribution in [1.29, 1.82) is 0 Å². The quantitative estimate of drug-likeness (QED) is 0.772. The van der Waals surface area contributed by atoms with Gasteiger partial charge in [-0.05, 0) is 18.6 Å². The number of hydrogen-bond donors (Lipinski definition) is 1. The first kappa shape index (κ1) is 10.9. The molecule has 0 atom stereocenters. The Morgan fingerprint density at radius 2 is 1.86 bits per heavy atom. The predicted octanol–water partition coefficient (Wildman–Crippen LogP) is 1.45. The first-order chi connectivity index (χ1) is 6.31. The van der Waals surface area contributed by atoms with Gasteiger partial charge in [-0.2, -0.15) is 12.8 Å². The Kier molecular flexibility index (Phi) is 2.72. The Bertz CT molecular complexity index is 455. The maximum Gasteiger partial charge on any atom is 0.446 e. The van der Waals surface area contributed by atoms with Crippen molar-refractivity contribution in [2.45, 2.75) is 6.92 Å². The highest BCUT2D eigenvalue weighted by molar-refractivity contribution is 7.81. The van der Waals surface area contributed by atoms with Crippen molar-refractivity contribution in [2.75, 3.05) is 0 Å². The predicted molar refractivity (Wildman–Crippen MR) is 43.3 cm³/mol. The largest absolute Gasteiger partial charge is 0.446 e. The van der Waals surface area contributed by atoms with Crippen LogP contribution < -0.4 is 4.18 Å². The molecule has 0 fully saturated rings. The summed E-state index contributed by atoms with van der Waals surface area (Å²) < 4.78 is 58.1. The Balaban J connectivity index is 3.19. The number of aryl methyl sites for hydroxylation is 1. The van der Waals surface area contributed by atoms with Gasteiger partial charge in [0.25, 0.3) is 0 Å². The molecule has 0 aliphatic carbocycles. The number of rotatable bonds is 2. The van der Waals surface area contributed by atoms with Crippen molar-refractivity contribution in [1.82, 2.24) is 0 Å². The lowest BCUT2D eigenvalue weighted by Crippen LogP contribution is -2.08. The summed E-state index contributed by atoms with van der Waals surface area (Å²) in [4.78, 5) is 0. The molecule has 78 valence electrons. The van der Waals surface area contributed by atoms with Gasteiger partial charge in [-0.25, -0.2) is 4.39 Å². The molecule has 7 heteroatoms. The minimum absolute atomic E-state index is 0.00480. The van der Waals surface area contributed by atoms with Crippen LogP contribution in [0.2, 0.25) is 0 Å². The Hall–Kier alpha value is -1.21. The van der Waals surface area contributed by atoms with E-state index in [1.807, 2.05) is 0 Å². The molecule has 0 heterocycles. The van der Waals surface area contributed by atoms with Gasteiger partial charge in [0.05, 0.1) is 0 Å². The van der Waals surface area contributed by atoms with E-state index < -0.39 is 27.8 Å². The molecule has 0 saturated carbocycles. The van der Waals surface area contributed by atoms with Crippen LogP contribution >= 0.6 is 0 Å². The van der Waals surface area contributed by atoms with Gasteiger partial charge in [-0.1, -0.05) is 6.07 Å². The molecule has 0 aromatic heterocycles. The van der Waals surface area contributed by atoms with Crippen LogP contribution in [0.4, 0.5) is 8.78 Å². The normalized spacial score (nSPS) is 11.4. The molecule has 4 nitrogen and oxygen atoms in total. The van der Waals surface area contributed by atoms with Crippen molar-refractivity contribution in [3.63, 3.8) is 0 Å². The molecule has 0 aliphatic rings. The molecule has 0 radical (unpaired) electrons. The lowest BCUT2D eigenvalue weighted by atomic mass is 10.2. The monoisotopic (exact) mass is 224 g/mol. The third-order valence-electron chi connectivity index (χ3n) is 1.44. The van der Waals surface area contributed by atoms with E-state index >= 15 is 0 Å². The number of benzene rings is 1. The molecule has 1 N–H and O–H groups in total. The van der Waals surface area contributed by atoms with Crippen molar-refractivity contribution < 1.29 is 25.9 Å². The first-order valence-electron chi connectivity index (χ1n) is 3.43. The highest BCUT2D eigenvalue weighted by Gasteiger charge is 2.16. The molecule has 0 saturated heterocycles. The second-order valence-corrected chi connectivity index (χ2v) is 3.54. The highest BCUT2D eigenvalue weighted by atomic mass is 32.3. The fraction of sp³-hybridized carbons (Fsp3) is 0.143. The van der Waals surface area contributed by atoms with E-state index in [-0.39, 0.29) is 5.56 Å². The van der Waals surface area contributed by atoms with Crippen LogP contribution in [0.1, 0.15) is 5.56 Å². The van der Waals surface area contributed by atoms with Gasteiger partial charge >= 0.3 is 10.4 Å². The highest BCUT2D eigenvalue weighted by Crippen LogP contribution is 2.22. The van der Waals surface area contributed by atoms with Crippen LogP contribution in [0.5, 0.6) is 5.75 Å². The van der Waals surface area contributed by atoms with E-state index in [0.717, 1.165) is 12.1 Å². The second kappa shape index (κ2) is 3.50. The van der Waals surface area contributed by atoms with E-state index in [2.05, 4.69) is 4.18 Å². The van der Waals surface area contributed by atoms with Crippen molar-refractivity contribution in [2.24, 2.45) is 0 Å². The van der Waals surface area contributed by atoms with Crippen LogP contribution in [0.15, 0.2) is 12.1 Å². The SMILES string of the molecule is Cc1ccc(OS(=O)(=O)O)c(F)c1F. The van der Waals surface area contributed by atoms with Crippen LogP contribution in [0.25, 0.3) is 0 Å². The summed E-state index contributed by atoms with van der Waals surface area (Å²) in [6.07, 6.45) is 0. The molecule has 1 rings (SSSR count). The van der Waals surface area contributed by atoms with Gasteiger partial charge in [-0.3, -0.25) is 4.55 Å². The average Bonchev–Trinajstić information content (AvgIpc) is 2.04. The molecule has 0 unspecified atom stereocenters. The van der Waals surface area contributed by atoms with E-state index in [4.69, 9.17) is 4.55 Å². The van der Waals surface area contributed by atoms with Crippen LogP contribution in [-0.4, -0.2) is 13.0 Å². The molecule has 0 spiro atoms. The average molecular weight is 224 g/mol. The van der Waals surface area contributed by atoms with Crippen LogP contribution in [-0.2, 0) is 10.4 Å². The second-order valence-electron chi connectivity index (χ2n) is 2.52. The molecule has 1 aromatic carbocycles. The van der Waals surface area contributed by atoms with E-state index in [9.17, 15) is 17.2 Å². The molecular formula is C7H6F2O4S. The molecule has 0 bridgehead atoms. The smallest absolute Gasteiger partial charge is 0.359 e. The number of halogens is 2. The van der Waals surface area contributed by atoms with Crippen molar-refractivity contribution >= 4 is 10.4 Å². The molecule has 14 heavy (non-hydrogen) atoms. The summed E-state index contributed by atoms with van der Waals surface area (Å²) in [5.41, 5.74) is 0.00480. The van der Waals surface area contributed by atoms with E-state index in [1.165, 1.54) is 6.92 Å². The maximum absolute atomic E-state index is 12.9. The standard InChI is InChI=1S/C7H6F2O4S/c1-4-2-3-5(7(9)6(4)8)13-14(10,11)12/h2-3H,1H3,(H,10,11,12). The van der Waals surface area contributed by atoms with Gasteiger partial charge in [0.1, 0.15) is 0 Å². The van der Waals surface area contributed by atoms with E-state index in [1.54, 1.807) is 0 Å². The van der Waals surface area contributed by atoms with Crippen LogP contribution in [0.3, 0.4) is 0 Å². The minimum Gasteiger partial charge on any atom is -0.359 e. The number of hydrogen-bond acceptors (Lipinski definition) is 3. The summed E-state index contributed by atoms with van der Waals surface area (Å²) in [6, 6.07) is 2.03. The molecule has 0 aliphatic heterocycles. The van der Waals surface area contributed by atoms with Crippen molar-refractivity contribution in [3.8, 4) is 5.75 Å². The Morgan fingerprint density at radius 1 is 1.29 bits per heavy atom. The van der Waals surface area contributed by atoms with Gasteiger partial charge in [0, 0.05) is 0 Å². The minimum atomic E-state index is -4.84. The third-order valence-corrected chi connectivity index (χ3v) is 1.83. The summed E-state index contributed by atoms with van der Waals surface area (Å²) in [7, 11) is -4.84. The lowest BCUT2D eigenvalue weighted by molar-refractivity contribution is 0.370. The molecule has 1 aromatic rings. The maximum atomic E-state index is 12.9. The summed E-state index contributed by atoms with van der Waals surface area (Å²) in [5, 5.41) is 0. The van der Waals surface area contributed by atoms with Crippen molar-refractivity contribution in [3.05, 3.63) is 29.3 Å². The lowest BCUT2D eigenvalue weighted by Gasteiger charge is -2.04. The molecule has 0 amide bonds. The van der Waals surface area contributed by atoms with Gasteiger partial charge in [0.15, 0.2) is 11.6 Å². The van der Waals surface area contributed by atoms with E-state index in [0.29, 0.717) is 0 Å². The van der Waals surface area contributed by atoms with Gasteiger partial charge in [-0.15, -0.1) is 0 Å². The zero-order chi connectivity index (χ0) is 10.9. The third kappa shape index (κ3) is 2.39. The Morgan fingerprint density at radius 3 is 2.36 bits per heavy atom. The fourth-order valence-electron chi connectivity index (χ4n) is 0.806. The zero-order valence-corrected chi connectivity index (χ0v) is 7.81. The summed E-state index contributed by atoms with van der Waals surface area (Å²) >= 11 is 0. The van der Waals surface area contributed by atoms with Gasteiger partial charge < -0.3 is 4.18 Å². The summed E-state index contributed by atoms with van der Waals surface area (Å²) in [6.45, 7) is 1.30. The zero-order valence-electron chi connectivity index (χ0n) is 6.99. The molecular weight excluding hydrogens is 218 g/mol. The van der Waals surface area contributed by atoms with Gasteiger partial charge in [0.2, 0.25) is 5.82 Å².